The third-order valence-electron chi connectivity index (χ3n) is 8.60. The molecule has 35 heavy (non-hydrogen) atoms. The lowest BCUT2D eigenvalue weighted by atomic mass is 9.52. The lowest BCUT2D eigenvalue weighted by molar-refractivity contribution is -0.141. The number of hydrogen-bond donors (Lipinski definition) is 2. The van der Waals surface area contributed by atoms with Crippen LogP contribution in [0.25, 0.3) is 0 Å². The van der Waals surface area contributed by atoms with Crippen LogP contribution in [0, 0.1) is 23.7 Å². The Bertz CT molecular complexity index is 940. The lowest BCUT2D eigenvalue weighted by Gasteiger charge is -2.58. The third-order valence-corrected chi connectivity index (χ3v) is 9.79. The molecule has 1 amide bonds. The number of aromatic nitrogens is 1. The van der Waals surface area contributed by atoms with Crippen LogP contribution >= 0.6 is 11.8 Å². The molecule has 192 valence electrons. The van der Waals surface area contributed by atoms with Crippen LogP contribution < -0.4 is 10.2 Å². The molecule has 7 nitrogen and oxygen atoms in total. The maximum absolute atomic E-state index is 13.5. The highest BCUT2D eigenvalue weighted by molar-refractivity contribution is 7.99. The summed E-state index contributed by atoms with van der Waals surface area (Å²) in [7, 11) is 1.44. The Hall–Kier alpha value is -1.80. The lowest BCUT2D eigenvalue weighted by Crippen LogP contribution is -2.61. The van der Waals surface area contributed by atoms with Crippen molar-refractivity contribution in [1.82, 2.24) is 10.3 Å². The van der Waals surface area contributed by atoms with E-state index in [1.54, 1.807) is 11.8 Å². The zero-order valence-electron chi connectivity index (χ0n) is 21.0. The predicted octanol–water partition coefficient (Wildman–Crippen LogP) is 4.03. The number of rotatable bonds is 8. The first-order chi connectivity index (χ1) is 16.9. The summed E-state index contributed by atoms with van der Waals surface area (Å²) in [6, 6.07) is 4.05. The maximum atomic E-state index is 13.5. The van der Waals surface area contributed by atoms with Gasteiger partial charge < -0.3 is 20.1 Å². The summed E-state index contributed by atoms with van der Waals surface area (Å²) in [4.78, 5) is 32.5. The minimum absolute atomic E-state index is 0.0330. The molecule has 4 saturated carbocycles. The van der Waals surface area contributed by atoms with Gasteiger partial charge in [-0.25, -0.2) is 4.98 Å². The zero-order valence-corrected chi connectivity index (χ0v) is 21.8. The first-order valence-corrected chi connectivity index (χ1v) is 14.3. The number of anilines is 1. The number of carbonyl (C=O) groups is 2. The molecule has 1 saturated heterocycles. The van der Waals surface area contributed by atoms with Crippen LogP contribution in [0.2, 0.25) is 0 Å². The number of pyridine rings is 1. The number of amides is 1. The number of piperidine rings is 1. The van der Waals surface area contributed by atoms with Crippen molar-refractivity contribution in [2.45, 2.75) is 81.4 Å². The molecule has 5 fully saturated rings. The largest absolute Gasteiger partial charge is 0.469 e. The summed E-state index contributed by atoms with van der Waals surface area (Å²) in [5.41, 5.74) is 0.159. The van der Waals surface area contributed by atoms with Crippen molar-refractivity contribution in [3.8, 4) is 0 Å². The van der Waals surface area contributed by atoms with Gasteiger partial charge in [-0.1, -0.05) is 6.92 Å². The van der Waals surface area contributed by atoms with Crippen LogP contribution in [0.15, 0.2) is 17.2 Å². The van der Waals surface area contributed by atoms with E-state index in [0.29, 0.717) is 29.7 Å². The van der Waals surface area contributed by atoms with Gasteiger partial charge in [0.2, 0.25) is 0 Å². The number of aliphatic hydroxyl groups is 1. The molecule has 2 heterocycles. The van der Waals surface area contributed by atoms with E-state index in [9.17, 15) is 14.7 Å². The number of esters is 1. The monoisotopic (exact) mass is 501 g/mol. The van der Waals surface area contributed by atoms with Crippen molar-refractivity contribution >= 4 is 29.5 Å². The van der Waals surface area contributed by atoms with Gasteiger partial charge in [-0.15, -0.1) is 11.8 Å². The van der Waals surface area contributed by atoms with Gasteiger partial charge in [0.05, 0.1) is 18.3 Å². The Kier molecular flexibility index (Phi) is 7.31. The number of nitrogens with zero attached hydrogens (tertiary/aromatic N) is 2. The number of nitrogens with one attached hydrogen (secondary N) is 1. The Balaban J connectivity index is 1.31. The molecule has 4 bridgehead atoms. The van der Waals surface area contributed by atoms with Crippen molar-refractivity contribution in [1.29, 1.82) is 0 Å². The first kappa shape index (κ1) is 24.9. The van der Waals surface area contributed by atoms with Crippen LogP contribution in [-0.2, 0) is 9.53 Å². The molecule has 1 aromatic rings. The van der Waals surface area contributed by atoms with Crippen molar-refractivity contribution in [2.75, 3.05) is 30.9 Å². The standard InChI is InChI=1S/C27H39N3O4S/c1-3-9-35-26-21(6-7-22(28-26)30-8-4-5-17(16-30)12-23(31)34-2)25(32)29-24-19-10-18-11-20(24)15-27(33,13-18)14-19/h6-7,17-20,24,33H,3-5,8-16H2,1-2H3,(H,29,32)/t17-,18?,19-,20-,24?,27?/m0/s1. The molecule has 8 heteroatoms. The summed E-state index contributed by atoms with van der Waals surface area (Å²) in [6.45, 7) is 3.82. The summed E-state index contributed by atoms with van der Waals surface area (Å²) < 4.78 is 4.87. The second-order valence-electron chi connectivity index (χ2n) is 11.3. The molecular formula is C27H39N3O4S. The van der Waals surface area contributed by atoms with Gasteiger partial charge >= 0.3 is 5.97 Å². The summed E-state index contributed by atoms with van der Waals surface area (Å²) in [5.74, 6) is 3.25. The topological polar surface area (TPSA) is 91.8 Å². The van der Waals surface area contributed by atoms with Gasteiger partial charge in [0.25, 0.3) is 5.91 Å². The summed E-state index contributed by atoms with van der Waals surface area (Å²) in [5, 5.41) is 15.1. The SMILES string of the molecule is CCCSc1nc(N2CCC[C@@H](CC(=O)OC)C2)ccc1C(=O)NC1[C@H]2CC3C[C@H]1CC(O)(C3)C2. The second kappa shape index (κ2) is 10.3. The maximum Gasteiger partial charge on any atom is 0.305 e. The number of hydrogen-bond acceptors (Lipinski definition) is 7. The molecule has 2 N–H and O–H groups in total. The van der Waals surface area contributed by atoms with E-state index >= 15 is 0 Å². The van der Waals surface area contributed by atoms with Crippen molar-refractivity contribution < 1.29 is 19.4 Å². The fourth-order valence-corrected chi connectivity index (χ4v) is 8.17. The van der Waals surface area contributed by atoms with Gasteiger partial charge in [-0.05, 0) is 92.9 Å². The van der Waals surface area contributed by atoms with Crippen molar-refractivity contribution in [2.24, 2.45) is 23.7 Å². The molecule has 0 spiro atoms. The molecule has 1 aromatic heterocycles. The first-order valence-electron chi connectivity index (χ1n) is 13.4. The quantitative estimate of drug-likeness (QED) is 0.410. The molecule has 0 radical (unpaired) electrons. The van der Waals surface area contributed by atoms with Crippen LogP contribution in [-0.4, -0.2) is 59.6 Å². The molecule has 6 rings (SSSR count). The van der Waals surface area contributed by atoms with E-state index in [0.717, 1.165) is 81.1 Å². The van der Waals surface area contributed by atoms with Gasteiger partial charge in [-0.3, -0.25) is 9.59 Å². The molecular weight excluding hydrogens is 462 g/mol. The highest BCUT2D eigenvalue weighted by Crippen LogP contribution is 2.55. The van der Waals surface area contributed by atoms with Crippen LogP contribution in [0.4, 0.5) is 5.82 Å². The summed E-state index contributed by atoms with van der Waals surface area (Å²) >= 11 is 1.65. The van der Waals surface area contributed by atoms with Gasteiger partial charge in [0.15, 0.2) is 0 Å². The van der Waals surface area contributed by atoms with Crippen LogP contribution in [0.3, 0.4) is 0 Å². The fraction of sp³-hybridized carbons (Fsp3) is 0.741. The van der Waals surface area contributed by atoms with Crippen molar-refractivity contribution in [3.63, 3.8) is 0 Å². The minimum Gasteiger partial charge on any atom is -0.469 e. The van der Waals surface area contributed by atoms with Crippen LogP contribution in [0.1, 0.15) is 75.1 Å². The predicted molar refractivity (Wildman–Crippen MR) is 137 cm³/mol. The number of ether oxygens (including phenoxy) is 1. The van der Waals surface area contributed by atoms with Gasteiger partial charge in [-0.2, -0.15) is 0 Å². The van der Waals surface area contributed by atoms with E-state index < -0.39 is 5.60 Å². The fourth-order valence-electron chi connectivity index (χ4n) is 7.29. The summed E-state index contributed by atoms with van der Waals surface area (Å²) in [6.07, 6.45) is 8.31. The van der Waals surface area contributed by atoms with Crippen LogP contribution in [0.5, 0.6) is 0 Å². The van der Waals surface area contributed by atoms with E-state index in [2.05, 4.69) is 17.1 Å². The molecule has 4 aliphatic carbocycles. The van der Waals surface area contributed by atoms with Gasteiger partial charge in [0, 0.05) is 25.6 Å². The van der Waals surface area contributed by atoms with Gasteiger partial charge in [0.1, 0.15) is 10.8 Å². The number of thioether (sulfide) groups is 1. The average Bonchev–Trinajstić information content (AvgIpc) is 2.83. The molecule has 3 atom stereocenters. The molecule has 1 aliphatic heterocycles. The van der Waals surface area contributed by atoms with E-state index in [4.69, 9.17) is 9.72 Å². The zero-order chi connectivity index (χ0) is 24.6. The van der Waals surface area contributed by atoms with E-state index in [1.807, 2.05) is 12.1 Å². The average molecular weight is 502 g/mol. The normalized spacial score (nSPS) is 33.6. The Morgan fingerprint density at radius 3 is 2.71 bits per heavy atom. The Morgan fingerprint density at radius 1 is 1.26 bits per heavy atom. The minimum atomic E-state index is -0.497. The number of methoxy groups -OCH3 is 1. The molecule has 0 aromatic carbocycles. The highest BCUT2D eigenvalue weighted by atomic mass is 32.2. The second-order valence-corrected chi connectivity index (χ2v) is 12.4. The van der Waals surface area contributed by atoms with E-state index in [-0.39, 0.29) is 23.8 Å². The molecule has 5 aliphatic rings. The Morgan fingerprint density at radius 2 is 2.03 bits per heavy atom. The van der Waals surface area contributed by atoms with E-state index in [1.165, 1.54) is 7.11 Å². The smallest absolute Gasteiger partial charge is 0.305 e. The Labute approximate surface area is 212 Å². The highest BCUT2D eigenvalue weighted by Gasteiger charge is 2.55. The van der Waals surface area contributed by atoms with Crippen molar-refractivity contribution in [3.05, 3.63) is 17.7 Å². The molecule has 0 unspecified atom stereocenters. The number of carbonyl (C=O) groups excluding carboxylic acids is 2. The third kappa shape index (κ3) is 5.33.